The first kappa shape index (κ1) is 10.9. The van der Waals surface area contributed by atoms with Gasteiger partial charge in [0, 0.05) is 32.1 Å². The van der Waals surface area contributed by atoms with Gasteiger partial charge in [-0.1, -0.05) is 0 Å². The van der Waals surface area contributed by atoms with Crippen molar-refractivity contribution < 1.29 is 4.79 Å². The zero-order valence-corrected chi connectivity index (χ0v) is 9.30. The van der Waals surface area contributed by atoms with Crippen molar-refractivity contribution in [1.82, 2.24) is 15.5 Å². The average molecular weight is 211 g/mol. The number of nitrogens with zero attached hydrogens (tertiary/aromatic N) is 1. The lowest BCUT2D eigenvalue weighted by Gasteiger charge is -2.21. The molecule has 1 unspecified atom stereocenters. The van der Waals surface area contributed by atoms with Gasteiger partial charge in [0.05, 0.1) is 0 Å². The van der Waals surface area contributed by atoms with Gasteiger partial charge in [0.2, 0.25) is 5.91 Å². The van der Waals surface area contributed by atoms with Gasteiger partial charge in [-0.2, -0.15) is 0 Å². The molecule has 1 amide bonds. The van der Waals surface area contributed by atoms with Gasteiger partial charge in [0.15, 0.2) is 0 Å². The molecule has 2 fully saturated rings. The van der Waals surface area contributed by atoms with Gasteiger partial charge in [-0.15, -0.1) is 0 Å². The first-order chi connectivity index (χ1) is 7.36. The maximum absolute atomic E-state index is 12.0. The molecular weight excluding hydrogens is 190 g/mol. The summed E-state index contributed by atoms with van der Waals surface area (Å²) < 4.78 is 0. The van der Waals surface area contributed by atoms with Crippen LogP contribution in [-0.2, 0) is 4.79 Å². The van der Waals surface area contributed by atoms with Crippen LogP contribution in [0.2, 0.25) is 0 Å². The number of hydrogen-bond donors (Lipinski definition) is 2. The van der Waals surface area contributed by atoms with E-state index in [9.17, 15) is 4.79 Å². The topological polar surface area (TPSA) is 44.4 Å². The quantitative estimate of drug-likeness (QED) is 0.673. The predicted octanol–water partition coefficient (Wildman–Crippen LogP) is -0.0496. The van der Waals surface area contributed by atoms with Crippen LogP contribution in [-0.4, -0.2) is 49.6 Å². The van der Waals surface area contributed by atoms with Crippen molar-refractivity contribution in [3.63, 3.8) is 0 Å². The van der Waals surface area contributed by atoms with E-state index in [0.29, 0.717) is 18.4 Å². The molecular formula is C11H21N3O. The lowest BCUT2D eigenvalue weighted by molar-refractivity contribution is -0.131. The fraction of sp³-hybridized carbons (Fsp3) is 0.909. The first-order valence-electron chi connectivity index (χ1n) is 6.08. The Morgan fingerprint density at radius 2 is 2.13 bits per heavy atom. The van der Waals surface area contributed by atoms with Crippen LogP contribution < -0.4 is 10.6 Å². The van der Waals surface area contributed by atoms with Crippen molar-refractivity contribution in [2.24, 2.45) is 0 Å². The average Bonchev–Trinajstić information content (AvgIpc) is 2.58. The van der Waals surface area contributed by atoms with E-state index in [4.69, 9.17) is 0 Å². The Labute approximate surface area is 91.4 Å². The number of hydrogen-bond acceptors (Lipinski definition) is 3. The number of carbonyl (C=O) groups is 1. The second kappa shape index (κ2) is 5.47. The summed E-state index contributed by atoms with van der Waals surface area (Å²) in [7, 11) is 0. The van der Waals surface area contributed by atoms with Crippen molar-refractivity contribution in [3.8, 4) is 0 Å². The van der Waals surface area contributed by atoms with Gasteiger partial charge in [0.25, 0.3) is 0 Å². The predicted molar refractivity (Wildman–Crippen MR) is 59.7 cm³/mol. The highest BCUT2D eigenvalue weighted by atomic mass is 16.2. The van der Waals surface area contributed by atoms with Crippen LogP contribution in [0.15, 0.2) is 0 Å². The highest BCUT2D eigenvalue weighted by Crippen LogP contribution is 2.11. The van der Waals surface area contributed by atoms with Gasteiger partial charge in [0.1, 0.15) is 0 Å². The Morgan fingerprint density at radius 1 is 1.20 bits per heavy atom. The van der Waals surface area contributed by atoms with Gasteiger partial charge >= 0.3 is 0 Å². The van der Waals surface area contributed by atoms with Crippen LogP contribution in [0.5, 0.6) is 0 Å². The van der Waals surface area contributed by atoms with Crippen molar-refractivity contribution >= 4 is 5.91 Å². The van der Waals surface area contributed by atoms with Crippen molar-refractivity contribution in [2.45, 2.75) is 31.7 Å². The summed E-state index contributed by atoms with van der Waals surface area (Å²) in [5, 5.41) is 6.70. The number of amides is 1. The van der Waals surface area contributed by atoms with E-state index >= 15 is 0 Å². The summed E-state index contributed by atoms with van der Waals surface area (Å²) in [5.41, 5.74) is 0. The summed E-state index contributed by atoms with van der Waals surface area (Å²) in [6, 6.07) is 0.439. The molecule has 4 heteroatoms. The molecule has 0 radical (unpaired) electrons. The van der Waals surface area contributed by atoms with E-state index in [2.05, 4.69) is 10.6 Å². The van der Waals surface area contributed by atoms with Crippen molar-refractivity contribution in [2.75, 3.05) is 32.7 Å². The summed E-state index contributed by atoms with van der Waals surface area (Å²) in [6.45, 7) is 4.89. The lowest BCUT2D eigenvalue weighted by atomic mass is 10.1. The molecule has 0 aliphatic carbocycles. The SMILES string of the molecule is O=C(CC1CCCN1)N1CCCNCC1. The molecule has 0 aromatic rings. The molecule has 0 saturated carbocycles. The van der Waals surface area contributed by atoms with Crippen LogP contribution in [0.4, 0.5) is 0 Å². The molecule has 15 heavy (non-hydrogen) atoms. The zero-order valence-electron chi connectivity index (χ0n) is 9.30. The maximum atomic E-state index is 12.0. The fourth-order valence-electron chi connectivity index (χ4n) is 2.37. The minimum absolute atomic E-state index is 0.332. The second-order valence-electron chi connectivity index (χ2n) is 4.48. The largest absolute Gasteiger partial charge is 0.341 e. The molecule has 0 bridgehead atoms. The van der Waals surface area contributed by atoms with Crippen LogP contribution in [0.1, 0.15) is 25.7 Å². The van der Waals surface area contributed by atoms with Crippen molar-refractivity contribution in [1.29, 1.82) is 0 Å². The number of nitrogens with one attached hydrogen (secondary N) is 2. The Kier molecular flexibility index (Phi) is 3.97. The molecule has 1 atom stereocenters. The number of rotatable bonds is 2. The summed E-state index contributed by atoms with van der Waals surface area (Å²) in [4.78, 5) is 14.0. The van der Waals surface area contributed by atoms with E-state index in [-0.39, 0.29) is 0 Å². The van der Waals surface area contributed by atoms with Crippen molar-refractivity contribution in [3.05, 3.63) is 0 Å². The van der Waals surface area contributed by atoms with E-state index in [1.54, 1.807) is 0 Å². The molecule has 0 aromatic heterocycles. The monoisotopic (exact) mass is 211 g/mol. The molecule has 0 spiro atoms. The Bertz CT molecular complexity index is 206. The highest BCUT2D eigenvalue weighted by molar-refractivity contribution is 5.76. The maximum Gasteiger partial charge on any atom is 0.224 e. The standard InChI is InChI=1S/C11H21N3O/c15-11(9-10-3-1-5-13-10)14-7-2-4-12-6-8-14/h10,12-13H,1-9H2. The van der Waals surface area contributed by atoms with Crippen LogP contribution in [0.25, 0.3) is 0 Å². The molecule has 86 valence electrons. The smallest absolute Gasteiger partial charge is 0.224 e. The summed E-state index contributed by atoms with van der Waals surface area (Å²) in [5.74, 6) is 0.332. The van der Waals surface area contributed by atoms with E-state index < -0.39 is 0 Å². The Balaban J connectivity index is 1.77. The molecule has 0 aromatic carbocycles. The Morgan fingerprint density at radius 3 is 2.93 bits per heavy atom. The lowest BCUT2D eigenvalue weighted by Crippen LogP contribution is -2.37. The minimum atomic E-state index is 0.332. The molecule has 4 nitrogen and oxygen atoms in total. The first-order valence-corrected chi connectivity index (χ1v) is 6.08. The highest BCUT2D eigenvalue weighted by Gasteiger charge is 2.21. The molecule has 2 heterocycles. The van der Waals surface area contributed by atoms with Crippen LogP contribution >= 0.6 is 0 Å². The second-order valence-corrected chi connectivity index (χ2v) is 4.48. The molecule has 2 aliphatic rings. The third-order valence-corrected chi connectivity index (χ3v) is 3.28. The van der Waals surface area contributed by atoms with Crippen LogP contribution in [0, 0.1) is 0 Å². The van der Waals surface area contributed by atoms with Gasteiger partial charge in [-0.05, 0) is 32.4 Å². The fourth-order valence-corrected chi connectivity index (χ4v) is 2.37. The Hall–Kier alpha value is -0.610. The molecule has 2 N–H and O–H groups in total. The zero-order chi connectivity index (χ0) is 10.5. The molecule has 2 rings (SSSR count). The summed E-state index contributed by atoms with van der Waals surface area (Å²) in [6.07, 6.45) is 4.17. The third-order valence-electron chi connectivity index (χ3n) is 3.28. The van der Waals surface area contributed by atoms with Crippen LogP contribution in [0.3, 0.4) is 0 Å². The minimum Gasteiger partial charge on any atom is -0.341 e. The van der Waals surface area contributed by atoms with Gasteiger partial charge < -0.3 is 15.5 Å². The van der Waals surface area contributed by atoms with E-state index in [1.165, 1.54) is 6.42 Å². The molecule has 2 saturated heterocycles. The van der Waals surface area contributed by atoms with Gasteiger partial charge in [-0.3, -0.25) is 4.79 Å². The molecule has 2 aliphatic heterocycles. The summed E-state index contributed by atoms with van der Waals surface area (Å²) >= 11 is 0. The normalized spacial score (nSPS) is 27.7. The van der Waals surface area contributed by atoms with E-state index in [0.717, 1.165) is 45.6 Å². The van der Waals surface area contributed by atoms with Gasteiger partial charge in [-0.25, -0.2) is 0 Å². The third kappa shape index (κ3) is 3.18. The van der Waals surface area contributed by atoms with E-state index in [1.807, 2.05) is 4.90 Å². The number of carbonyl (C=O) groups excluding carboxylic acids is 1.